The summed E-state index contributed by atoms with van der Waals surface area (Å²) in [5.41, 5.74) is 3.81. The number of thiazole rings is 1. The molecule has 4 heteroatoms. The maximum Gasteiger partial charge on any atom is 0.162 e. The summed E-state index contributed by atoms with van der Waals surface area (Å²) in [6.45, 7) is 2.13. The summed E-state index contributed by atoms with van der Waals surface area (Å²) in [5.74, 6) is 2.81. The van der Waals surface area contributed by atoms with Crippen molar-refractivity contribution < 1.29 is 4.42 Å². The first-order chi connectivity index (χ1) is 9.81. The monoisotopic (exact) mass is 301 g/mol. The third kappa shape index (κ3) is 3.32. The molecule has 2 nitrogen and oxygen atoms in total. The first-order valence-electron chi connectivity index (χ1n) is 6.43. The molecule has 2 heterocycles. The summed E-state index contributed by atoms with van der Waals surface area (Å²) in [6.07, 6.45) is 1.68. The van der Waals surface area contributed by atoms with E-state index in [-0.39, 0.29) is 0 Å². The van der Waals surface area contributed by atoms with E-state index in [1.165, 1.54) is 11.1 Å². The van der Waals surface area contributed by atoms with Gasteiger partial charge >= 0.3 is 0 Å². The number of nitrogens with zero attached hydrogens (tertiary/aromatic N) is 1. The van der Waals surface area contributed by atoms with Crippen molar-refractivity contribution >= 4 is 23.1 Å². The second-order valence-electron chi connectivity index (χ2n) is 4.60. The van der Waals surface area contributed by atoms with Crippen molar-refractivity contribution in [1.29, 1.82) is 0 Å². The topological polar surface area (TPSA) is 26.0 Å². The number of aromatic nitrogens is 1. The minimum atomic E-state index is 0.852. The third-order valence-corrected chi connectivity index (χ3v) is 4.83. The quantitative estimate of drug-likeness (QED) is 0.652. The summed E-state index contributed by atoms with van der Waals surface area (Å²) >= 11 is 3.53. The molecule has 0 spiro atoms. The van der Waals surface area contributed by atoms with E-state index in [0.29, 0.717) is 0 Å². The van der Waals surface area contributed by atoms with Crippen LogP contribution in [0.25, 0.3) is 10.8 Å². The van der Waals surface area contributed by atoms with Crippen LogP contribution in [0.15, 0.2) is 52.5 Å². The Balaban J connectivity index is 1.57. The summed E-state index contributed by atoms with van der Waals surface area (Å²) in [5, 5.41) is 3.07. The van der Waals surface area contributed by atoms with Gasteiger partial charge in [0.1, 0.15) is 0 Å². The Morgan fingerprint density at radius 1 is 1.20 bits per heavy atom. The Hall–Kier alpha value is -1.52. The van der Waals surface area contributed by atoms with Crippen LogP contribution in [0.3, 0.4) is 0 Å². The van der Waals surface area contributed by atoms with Crippen LogP contribution in [0.1, 0.15) is 16.8 Å². The molecule has 0 saturated carbocycles. The Morgan fingerprint density at radius 2 is 2.15 bits per heavy atom. The number of hydrogen-bond donors (Lipinski definition) is 0. The van der Waals surface area contributed by atoms with Gasteiger partial charge in [-0.05, 0) is 24.6 Å². The van der Waals surface area contributed by atoms with Gasteiger partial charge in [-0.3, -0.25) is 0 Å². The van der Waals surface area contributed by atoms with Crippen LogP contribution < -0.4 is 0 Å². The minimum Gasteiger partial charge on any atom is -0.462 e. The van der Waals surface area contributed by atoms with Gasteiger partial charge in [0.25, 0.3) is 0 Å². The zero-order valence-corrected chi connectivity index (χ0v) is 12.8. The van der Waals surface area contributed by atoms with E-state index in [2.05, 4.69) is 41.6 Å². The number of hydrogen-bond acceptors (Lipinski definition) is 4. The van der Waals surface area contributed by atoms with Crippen molar-refractivity contribution in [3.05, 3.63) is 64.9 Å². The fourth-order valence-corrected chi connectivity index (χ4v) is 3.73. The lowest BCUT2D eigenvalue weighted by atomic mass is 10.2. The molecule has 20 heavy (non-hydrogen) atoms. The highest BCUT2D eigenvalue weighted by atomic mass is 32.2. The van der Waals surface area contributed by atoms with E-state index < -0.39 is 0 Å². The zero-order chi connectivity index (χ0) is 13.8. The summed E-state index contributed by atoms with van der Waals surface area (Å²) in [4.78, 5) is 4.61. The highest BCUT2D eigenvalue weighted by Gasteiger charge is 2.07. The van der Waals surface area contributed by atoms with Crippen LogP contribution in [0.5, 0.6) is 0 Å². The Kier molecular flexibility index (Phi) is 4.23. The fourth-order valence-electron chi connectivity index (χ4n) is 1.96. The normalized spacial score (nSPS) is 10.8. The molecule has 2 aromatic heterocycles. The van der Waals surface area contributed by atoms with Gasteiger partial charge in [0, 0.05) is 16.9 Å². The fraction of sp³-hybridized carbons (Fsp3) is 0.188. The molecule has 0 amide bonds. The van der Waals surface area contributed by atoms with Crippen LogP contribution in [0, 0.1) is 6.92 Å². The molecule has 0 N–H and O–H groups in total. The molecule has 0 aliphatic heterocycles. The first-order valence-corrected chi connectivity index (χ1v) is 8.46. The zero-order valence-electron chi connectivity index (χ0n) is 11.2. The Bertz CT molecular complexity index is 673. The van der Waals surface area contributed by atoms with Crippen molar-refractivity contribution in [1.82, 2.24) is 4.98 Å². The third-order valence-electron chi connectivity index (χ3n) is 2.88. The van der Waals surface area contributed by atoms with Crippen LogP contribution in [-0.4, -0.2) is 4.98 Å². The molecule has 0 aliphatic rings. The molecule has 0 bridgehead atoms. The van der Waals surface area contributed by atoms with E-state index in [0.717, 1.165) is 28.0 Å². The molecule has 3 aromatic rings. The smallest absolute Gasteiger partial charge is 0.162 e. The van der Waals surface area contributed by atoms with Gasteiger partial charge in [-0.25, -0.2) is 4.98 Å². The van der Waals surface area contributed by atoms with Gasteiger partial charge < -0.3 is 4.42 Å². The predicted molar refractivity (Wildman–Crippen MR) is 86.0 cm³/mol. The maximum absolute atomic E-state index is 5.36. The minimum absolute atomic E-state index is 0.852. The summed E-state index contributed by atoms with van der Waals surface area (Å²) < 4.78 is 5.36. The molecular formula is C16H15NOS2. The van der Waals surface area contributed by atoms with Crippen molar-refractivity contribution in [3.63, 3.8) is 0 Å². The van der Waals surface area contributed by atoms with Crippen LogP contribution in [0.2, 0.25) is 0 Å². The van der Waals surface area contributed by atoms with Crippen molar-refractivity contribution in [3.8, 4) is 10.8 Å². The van der Waals surface area contributed by atoms with Crippen molar-refractivity contribution in [2.24, 2.45) is 0 Å². The average Bonchev–Trinajstić information content (AvgIpc) is 3.09. The van der Waals surface area contributed by atoms with E-state index in [9.17, 15) is 0 Å². The highest BCUT2D eigenvalue weighted by Crippen LogP contribution is 2.26. The highest BCUT2D eigenvalue weighted by molar-refractivity contribution is 7.97. The lowest BCUT2D eigenvalue weighted by molar-refractivity contribution is 0.581. The van der Waals surface area contributed by atoms with Crippen molar-refractivity contribution in [2.45, 2.75) is 18.4 Å². The maximum atomic E-state index is 5.36. The number of rotatable bonds is 5. The van der Waals surface area contributed by atoms with Crippen molar-refractivity contribution in [2.75, 3.05) is 0 Å². The van der Waals surface area contributed by atoms with Gasteiger partial charge in [-0.2, -0.15) is 11.8 Å². The SMILES string of the molecule is Cc1cccc(CSCc2csc(-c3ccco3)n2)c1. The number of aryl methyl sites for hydroxylation is 1. The molecule has 102 valence electrons. The molecular weight excluding hydrogens is 286 g/mol. The van der Waals surface area contributed by atoms with E-state index in [4.69, 9.17) is 4.42 Å². The van der Waals surface area contributed by atoms with E-state index in [1.54, 1.807) is 17.6 Å². The van der Waals surface area contributed by atoms with Gasteiger partial charge in [0.15, 0.2) is 10.8 Å². The average molecular weight is 301 g/mol. The van der Waals surface area contributed by atoms with E-state index in [1.807, 2.05) is 23.9 Å². The number of thioether (sulfide) groups is 1. The lowest BCUT2D eigenvalue weighted by Crippen LogP contribution is -1.85. The van der Waals surface area contributed by atoms with Gasteiger partial charge in [0.2, 0.25) is 0 Å². The Morgan fingerprint density at radius 3 is 2.95 bits per heavy atom. The lowest BCUT2D eigenvalue weighted by Gasteiger charge is -2.01. The summed E-state index contributed by atoms with van der Waals surface area (Å²) in [6, 6.07) is 12.5. The number of benzene rings is 1. The van der Waals surface area contributed by atoms with Gasteiger partial charge in [-0.1, -0.05) is 29.8 Å². The second-order valence-corrected chi connectivity index (χ2v) is 6.45. The molecule has 0 saturated heterocycles. The molecule has 1 aromatic carbocycles. The first kappa shape index (κ1) is 13.5. The van der Waals surface area contributed by atoms with Gasteiger partial charge in [-0.15, -0.1) is 11.3 Å². The van der Waals surface area contributed by atoms with Crippen LogP contribution >= 0.6 is 23.1 Å². The largest absolute Gasteiger partial charge is 0.462 e. The standard InChI is InChI=1S/C16H15NOS2/c1-12-4-2-5-13(8-12)9-19-10-14-11-20-16(17-14)15-6-3-7-18-15/h2-8,11H,9-10H2,1H3. The van der Waals surface area contributed by atoms with E-state index >= 15 is 0 Å². The molecule has 0 fully saturated rings. The molecule has 0 unspecified atom stereocenters. The summed E-state index contributed by atoms with van der Waals surface area (Å²) in [7, 11) is 0. The molecule has 0 atom stereocenters. The second kappa shape index (κ2) is 6.29. The molecule has 3 rings (SSSR count). The van der Waals surface area contributed by atoms with Gasteiger partial charge in [0.05, 0.1) is 12.0 Å². The predicted octanol–water partition coefficient (Wildman–Crippen LogP) is 5.14. The van der Waals surface area contributed by atoms with Crippen LogP contribution in [-0.2, 0) is 11.5 Å². The molecule has 0 aliphatic carbocycles. The Labute approximate surface area is 126 Å². The number of furan rings is 1. The molecule has 0 radical (unpaired) electrons. The van der Waals surface area contributed by atoms with Crippen LogP contribution in [0.4, 0.5) is 0 Å².